The number of ether oxygens (including phenoxy) is 2. The molecular formula is C42H46N2O4S. The van der Waals surface area contributed by atoms with E-state index < -0.39 is 6.29 Å². The van der Waals surface area contributed by atoms with Gasteiger partial charge in [0.25, 0.3) is 0 Å². The Balaban J connectivity index is 0.947. The van der Waals surface area contributed by atoms with Gasteiger partial charge in [0.2, 0.25) is 0 Å². The fourth-order valence-electron chi connectivity index (χ4n) is 9.23. The minimum atomic E-state index is -0.503. The molecular weight excluding hydrogens is 629 g/mol. The van der Waals surface area contributed by atoms with Crippen LogP contribution in [0, 0.1) is 17.8 Å². The summed E-state index contributed by atoms with van der Waals surface area (Å²) in [7, 11) is 0. The molecule has 0 spiro atoms. The lowest BCUT2D eigenvalue weighted by molar-refractivity contribution is -0.245. The van der Waals surface area contributed by atoms with Gasteiger partial charge in [-0.1, -0.05) is 91.0 Å². The number of urea groups is 1. The minimum Gasteiger partial charge on any atom is -0.392 e. The molecule has 254 valence electrons. The molecule has 0 aromatic heterocycles. The van der Waals surface area contributed by atoms with Crippen LogP contribution in [-0.2, 0) is 22.6 Å². The Morgan fingerprint density at radius 2 is 1.41 bits per heavy atom. The Bertz CT molecular complexity index is 1690. The van der Waals surface area contributed by atoms with E-state index in [0.717, 1.165) is 82.6 Å². The first-order valence-corrected chi connectivity index (χ1v) is 18.9. The second-order valence-corrected chi connectivity index (χ2v) is 15.9. The van der Waals surface area contributed by atoms with Gasteiger partial charge < -0.3 is 25.2 Å². The zero-order valence-electron chi connectivity index (χ0n) is 27.9. The van der Waals surface area contributed by atoms with Crippen LogP contribution in [-0.4, -0.2) is 28.5 Å². The fourth-order valence-corrected chi connectivity index (χ4v) is 10.2. The van der Waals surface area contributed by atoms with Gasteiger partial charge in [0.1, 0.15) is 0 Å². The monoisotopic (exact) mass is 674 g/mol. The number of rotatable bonds is 10. The molecule has 0 radical (unpaired) electrons. The third-order valence-electron chi connectivity index (χ3n) is 11.2. The van der Waals surface area contributed by atoms with Crippen molar-refractivity contribution in [2.45, 2.75) is 87.0 Å². The van der Waals surface area contributed by atoms with Crippen molar-refractivity contribution in [1.82, 2.24) is 10.6 Å². The normalized spacial score (nSPS) is 28.7. The maximum atomic E-state index is 13.2. The quantitative estimate of drug-likeness (QED) is 0.146. The zero-order valence-corrected chi connectivity index (χ0v) is 28.7. The van der Waals surface area contributed by atoms with Crippen molar-refractivity contribution < 1.29 is 19.4 Å². The Labute approximate surface area is 294 Å². The summed E-state index contributed by atoms with van der Waals surface area (Å²) in [6, 6.07) is 35.2. The minimum absolute atomic E-state index is 0.00142. The average Bonchev–Trinajstić information content (AvgIpc) is 3.13. The first-order valence-electron chi connectivity index (χ1n) is 17.9. The van der Waals surface area contributed by atoms with E-state index >= 15 is 0 Å². The molecule has 5 aliphatic rings. The molecule has 4 aromatic rings. The SMILES string of the molecule is O=C(NCc1ccccc1-c1ccc([C@@H]2O[C@H](CSc3ccccc3)C[C@H](c3ccc(CO)cc3)O2)cc1)NC12CC3CC(CC(C3)C1)C2. The third kappa shape index (κ3) is 7.46. The van der Waals surface area contributed by atoms with E-state index in [9.17, 15) is 9.90 Å². The molecule has 4 aromatic carbocycles. The Morgan fingerprint density at radius 1 is 0.755 bits per heavy atom. The molecule has 6 nitrogen and oxygen atoms in total. The largest absolute Gasteiger partial charge is 0.392 e. The van der Waals surface area contributed by atoms with Crippen molar-refractivity contribution >= 4 is 17.8 Å². The number of nitrogens with one attached hydrogen (secondary N) is 2. The van der Waals surface area contributed by atoms with E-state index in [1.54, 1.807) is 11.8 Å². The van der Waals surface area contributed by atoms with Crippen LogP contribution in [0.3, 0.4) is 0 Å². The molecule has 9 rings (SSSR count). The standard InChI is InChI=1S/C42H46N2O4S/c45-26-28-10-12-33(13-11-28)39-21-36(27-49-37-7-2-1-3-8-37)47-40(48-39)34-16-14-32(15-17-34)38-9-5-4-6-35(38)25-43-41(46)44-42-22-29-18-30(23-42)20-31(19-29)24-42/h1-17,29-31,36,39-40,45H,18-27H2,(H2,43,44,46)/t29?,30?,31?,36-,39+,40+,42?/m0/s1. The van der Waals surface area contributed by atoms with Gasteiger partial charge in [-0.2, -0.15) is 0 Å². The van der Waals surface area contributed by atoms with E-state index in [-0.39, 0.29) is 30.4 Å². The molecule has 3 atom stereocenters. The molecule has 1 saturated heterocycles. The van der Waals surface area contributed by atoms with Crippen LogP contribution in [0.5, 0.6) is 0 Å². The molecule has 1 heterocycles. The van der Waals surface area contributed by atoms with Crippen molar-refractivity contribution in [3.05, 3.63) is 125 Å². The van der Waals surface area contributed by atoms with Crippen LogP contribution in [0.15, 0.2) is 108 Å². The zero-order chi connectivity index (χ0) is 33.2. The molecule has 4 bridgehead atoms. The lowest BCUT2D eigenvalue weighted by Crippen LogP contribution is -2.61. The number of aliphatic hydroxyl groups is 1. The Hall–Kier alpha value is -3.62. The van der Waals surface area contributed by atoms with Crippen molar-refractivity contribution in [3.8, 4) is 11.1 Å². The molecule has 7 heteroatoms. The summed E-state index contributed by atoms with van der Waals surface area (Å²) < 4.78 is 13.2. The summed E-state index contributed by atoms with van der Waals surface area (Å²) in [4.78, 5) is 14.4. The summed E-state index contributed by atoms with van der Waals surface area (Å²) in [5.74, 6) is 3.21. The first kappa shape index (κ1) is 32.6. The van der Waals surface area contributed by atoms with Gasteiger partial charge in [-0.05, 0) is 96.2 Å². The highest BCUT2D eigenvalue weighted by atomic mass is 32.2. The number of carbonyl (C=O) groups excluding carboxylic acids is 1. The van der Waals surface area contributed by atoms with Gasteiger partial charge >= 0.3 is 6.03 Å². The third-order valence-corrected chi connectivity index (χ3v) is 12.3. The highest BCUT2D eigenvalue weighted by Crippen LogP contribution is 2.55. The summed E-state index contributed by atoms with van der Waals surface area (Å²) in [6.07, 6.45) is 7.66. The van der Waals surface area contributed by atoms with Gasteiger partial charge in [0, 0.05) is 34.7 Å². The topological polar surface area (TPSA) is 79.8 Å². The smallest absolute Gasteiger partial charge is 0.315 e. The van der Waals surface area contributed by atoms with Crippen molar-refractivity contribution in [3.63, 3.8) is 0 Å². The number of hydrogen-bond donors (Lipinski definition) is 3. The summed E-state index contributed by atoms with van der Waals surface area (Å²) in [5.41, 5.74) is 6.23. The van der Waals surface area contributed by atoms with Crippen molar-refractivity contribution in [1.29, 1.82) is 0 Å². The van der Waals surface area contributed by atoms with Crippen LogP contribution in [0.2, 0.25) is 0 Å². The van der Waals surface area contributed by atoms with Crippen LogP contribution in [0.4, 0.5) is 4.79 Å². The van der Waals surface area contributed by atoms with E-state index in [4.69, 9.17) is 9.47 Å². The summed E-state index contributed by atoms with van der Waals surface area (Å²) >= 11 is 1.80. The number of amides is 2. The second kappa shape index (κ2) is 14.3. The van der Waals surface area contributed by atoms with Crippen molar-refractivity contribution in [2.24, 2.45) is 17.8 Å². The van der Waals surface area contributed by atoms with Crippen molar-refractivity contribution in [2.75, 3.05) is 5.75 Å². The van der Waals surface area contributed by atoms with E-state index in [1.165, 1.54) is 24.2 Å². The fraction of sp³-hybridized carbons (Fsp3) is 0.405. The lowest BCUT2D eigenvalue weighted by atomic mass is 9.53. The lowest BCUT2D eigenvalue weighted by Gasteiger charge is -2.56. The molecule has 3 N–H and O–H groups in total. The molecule has 2 amide bonds. The first-order chi connectivity index (χ1) is 24.0. The molecule has 4 saturated carbocycles. The van der Waals surface area contributed by atoms with Gasteiger partial charge in [-0.3, -0.25) is 0 Å². The maximum absolute atomic E-state index is 13.2. The summed E-state index contributed by atoms with van der Waals surface area (Å²) in [5, 5.41) is 16.2. The molecule has 5 fully saturated rings. The van der Waals surface area contributed by atoms with Crippen LogP contribution < -0.4 is 10.6 Å². The van der Waals surface area contributed by atoms with Crippen LogP contribution in [0.25, 0.3) is 11.1 Å². The average molecular weight is 675 g/mol. The Kier molecular flexibility index (Phi) is 9.52. The van der Waals surface area contributed by atoms with E-state index in [2.05, 4.69) is 89.5 Å². The van der Waals surface area contributed by atoms with Gasteiger partial charge in [0.15, 0.2) is 6.29 Å². The second-order valence-electron chi connectivity index (χ2n) is 14.8. The molecule has 4 aliphatic carbocycles. The van der Waals surface area contributed by atoms with Gasteiger partial charge in [-0.25, -0.2) is 4.79 Å². The van der Waals surface area contributed by atoms with Gasteiger partial charge in [0.05, 0.1) is 18.8 Å². The van der Waals surface area contributed by atoms with Crippen LogP contribution >= 0.6 is 11.8 Å². The van der Waals surface area contributed by atoms with Gasteiger partial charge in [-0.15, -0.1) is 11.8 Å². The number of aliphatic hydroxyl groups excluding tert-OH is 1. The molecule has 0 unspecified atom stereocenters. The number of thioether (sulfide) groups is 1. The number of hydrogen-bond acceptors (Lipinski definition) is 5. The predicted octanol–water partition coefficient (Wildman–Crippen LogP) is 8.95. The highest BCUT2D eigenvalue weighted by molar-refractivity contribution is 7.99. The predicted molar refractivity (Wildman–Crippen MR) is 194 cm³/mol. The highest BCUT2D eigenvalue weighted by Gasteiger charge is 2.51. The summed E-state index contributed by atoms with van der Waals surface area (Å²) in [6.45, 7) is 0.497. The maximum Gasteiger partial charge on any atom is 0.315 e. The Morgan fingerprint density at radius 3 is 2.10 bits per heavy atom. The van der Waals surface area contributed by atoms with Crippen LogP contribution in [0.1, 0.15) is 79.6 Å². The van der Waals surface area contributed by atoms with E-state index in [1.807, 2.05) is 24.3 Å². The molecule has 49 heavy (non-hydrogen) atoms. The molecule has 1 aliphatic heterocycles. The number of carbonyl (C=O) groups is 1. The number of benzene rings is 4. The van der Waals surface area contributed by atoms with E-state index in [0.29, 0.717) is 6.54 Å².